The van der Waals surface area contributed by atoms with Crippen molar-refractivity contribution in [2.75, 3.05) is 13.6 Å². The van der Waals surface area contributed by atoms with Crippen LogP contribution in [0.4, 0.5) is 5.69 Å². The molecule has 0 saturated carbocycles. The van der Waals surface area contributed by atoms with Crippen molar-refractivity contribution in [2.24, 2.45) is 4.99 Å². The van der Waals surface area contributed by atoms with E-state index >= 15 is 0 Å². The summed E-state index contributed by atoms with van der Waals surface area (Å²) in [4.78, 5) is 6.67. The molecule has 0 radical (unpaired) electrons. The van der Waals surface area contributed by atoms with Crippen molar-refractivity contribution in [3.05, 3.63) is 65.2 Å². The van der Waals surface area contributed by atoms with E-state index in [0.717, 1.165) is 12.2 Å². The number of nitrogens with zero attached hydrogens (tertiary/aromatic N) is 2. The van der Waals surface area contributed by atoms with Gasteiger partial charge in [-0.3, -0.25) is 0 Å². The molecule has 0 spiro atoms. The van der Waals surface area contributed by atoms with Crippen LogP contribution >= 0.6 is 0 Å². The summed E-state index contributed by atoms with van der Waals surface area (Å²) < 4.78 is 0. The SMILES string of the molecule is CCN(C)/C=N/c1ccc2c(c1)CCCC2c1ccccc1. The Bertz CT molecular complexity index is 646. The normalized spacial score (nSPS) is 17.5. The van der Waals surface area contributed by atoms with Crippen molar-refractivity contribution in [1.82, 2.24) is 4.90 Å². The minimum Gasteiger partial charge on any atom is -0.366 e. The van der Waals surface area contributed by atoms with Crippen LogP contribution in [-0.2, 0) is 6.42 Å². The molecular formula is C20H24N2. The molecule has 1 unspecified atom stereocenters. The zero-order valence-electron chi connectivity index (χ0n) is 13.5. The maximum absolute atomic E-state index is 4.58. The van der Waals surface area contributed by atoms with Gasteiger partial charge in [0.25, 0.3) is 0 Å². The van der Waals surface area contributed by atoms with Gasteiger partial charge in [-0.2, -0.15) is 0 Å². The lowest BCUT2D eigenvalue weighted by atomic mass is 9.79. The van der Waals surface area contributed by atoms with Gasteiger partial charge in [-0.1, -0.05) is 36.4 Å². The summed E-state index contributed by atoms with van der Waals surface area (Å²) in [6, 6.07) is 17.6. The van der Waals surface area contributed by atoms with Crippen LogP contribution in [0.5, 0.6) is 0 Å². The molecule has 2 aromatic rings. The summed E-state index contributed by atoms with van der Waals surface area (Å²) in [7, 11) is 2.05. The molecule has 0 amide bonds. The van der Waals surface area contributed by atoms with Crippen molar-refractivity contribution >= 4 is 12.0 Å². The van der Waals surface area contributed by atoms with Crippen LogP contribution in [-0.4, -0.2) is 24.8 Å². The fourth-order valence-electron chi connectivity index (χ4n) is 3.16. The molecule has 0 bridgehead atoms. The van der Waals surface area contributed by atoms with Crippen molar-refractivity contribution in [3.8, 4) is 0 Å². The maximum atomic E-state index is 4.58. The number of fused-ring (bicyclic) bond motifs is 1. The van der Waals surface area contributed by atoms with E-state index in [1.165, 1.54) is 36.0 Å². The zero-order chi connectivity index (χ0) is 15.4. The zero-order valence-corrected chi connectivity index (χ0v) is 13.5. The van der Waals surface area contributed by atoms with Gasteiger partial charge in [-0.15, -0.1) is 0 Å². The highest BCUT2D eigenvalue weighted by molar-refractivity contribution is 5.62. The molecule has 0 fully saturated rings. The van der Waals surface area contributed by atoms with Crippen LogP contribution in [0.25, 0.3) is 0 Å². The largest absolute Gasteiger partial charge is 0.366 e. The summed E-state index contributed by atoms with van der Waals surface area (Å²) in [5.74, 6) is 0.543. The van der Waals surface area contributed by atoms with E-state index in [1.807, 2.05) is 13.4 Å². The van der Waals surface area contributed by atoms with E-state index in [-0.39, 0.29) is 0 Å². The van der Waals surface area contributed by atoms with Crippen LogP contribution in [0.1, 0.15) is 42.4 Å². The first kappa shape index (κ1) is 14.8. The highest BCUT2D eigenvalue weighted by Crippen LogP contribution is 2.37. The Kier molecular flexibility index (Phi) is 4.57. The molecule has 114 valence electrons. The van der Waals surface area contributed by atoms with E-state index in [9.17, 15) is 0 Å². The van der Waals surface area contributed by atoms with E-state index in [1.54, 1.807) is 0 Å². The Balaban J connectivity index is 1.88. The quantitative estimate of drug-likeness (QED) is 0.585. The molecule has 2 nitrogen and oxygen atoms in total. The number of benzene rings is 2. The van der Waals surface area contributed by atoms with Gasteiger partial charge in [0.1, 0.15) is 0 Å². The minimum absolute atomic E-state index is 0.543. The van der Waals surface area contributed by atoms with E-state index in [0.29, 0.717) is 5.92 Å². The smallest absolute Gasteiger partial charge is 0.0909 e. The second kappa shape index (κ2) is 6.78. The number of hydrogen-bond acceptors (Lipinski definition) is 1. The Labute approximate surface area is 133 Å². The molecule has 1 aliphatic carbocycles. The van der Waals surface area contributed by atoms with Gasteiger partial charge < -0.3 is 4.90 Å². The highest BCUT2D eigenvalue weighted by Gasteiger charge is 2.21. The van der Waals surface area contributed by atoms with Crippen molar-refractivity contribution in [2.45, 2.75) is 32.1 Å². The third-order valence-corrected chi connectivity index (χ3v) is 4.55. The van der Waals surface area contributed by atoms with Crippen LogP contribution < -0.4 is 0 Å². The topological polar surface area (TPSA) is 15.6 Å². The van der Waals surface area contributed by atoms with Crippen molar-refractivity contribution in [1.29, 1.82) is 0 Å². The van der Waals surface area contributed by atoms with E-state index in [4.69, 9.17) is 0 Å². The summed E-state index contributed by atoms with van der Waals surface area (Å²) in [6.07, 6.45) is 5.59. The van der Waals surface area contributed by atoms with Crippen molar-refractivity contribution < 1.29 is 0 Å². The predicted molar refractivity (Wildman–Crippen MR) is 94.1 cm³/mol. The second-order valence-electron chi connectivity index (χ2n) is 6.06. The van der Waals surface area contributed by atoms with Gasteiger partial charge in [-0.25, -0.2) is 4.99 Å². The predicted octanol–water partition coefficient (Wildman–Crippen LogP) is 4.77. The molecule has 0 aromatic heterocycles. The van der Waals surface area contributed by atoms with Crippen LogP contribution in [0.15, 0.2) is 53.5 Å². The standard InChI is InChI=1S/C20H24N2/c1-3-22(2)15-21-18-12-13-20-17(14-18)10-7-11-19(20)16-8-5-4-6-9-16/h4-6,8-9,12-15,19H,3,7,10-11H2,1-2H3/b21-15+. The Morgan fingerprint density at radius 3 is 2.77 bits per heavy atom. The molecule has 1 aliphatic rings. The molecule has 3 rings (SSSR count). The summed E-state index contributed by atoms with van der Waals surface area (Å²) in [5.41, 5.74) is 5.45. The van der Waals surface area contributed by atoms with Gasteiger partial charge in [0.05, 0.1) is 12.0 Å². The third-order valence-electron chi connectivity index (χ3n) is 4.55. The van der Waals surface area contributed by atoms with Gasteiger partial charge in [0, 0.05) is 19.5 Å². The molecule has 2 aromatic carbocycles. The maximum Gasteiger partial charge on any atom is 0.0909 e. The molecule has 2 heteroatoms. The first-order chi connectivity index (χ1) is 10.8. The number of rotatable bonds is 4. The minimum atomic E-state index is 0.543. The first-order valence-corrected chi connectivity index (χ1v) is 8.20. The summed E-state index contributed by atoms with van der Waals surface area (Å²) in [5, 5.41) is 0. The van der Waals surface area contributed by atoms with Crippen LogP contribution in [0.3, 0.4) is 0 Å². The highest BCUT2D eigenvalue weighted by atomic mass is 15.1. The monoisotopic (exact) mass is 292 g/mol. The summed E-state index contributed by atoms with van der Waals surface area (Å²) in [6.45, 7) is 3.11. The number of hydrogen-bond donors (Lipinski definition) is 0. The molecular weight excluding hydrogens is 268 g/mol. The molecule has 0 heterocycles. The first-order valence-electron chi connectivity index (χ1n) is 8.20. The summed E-state index contributed by atoms with van der Waals surface area (Å²) >= 11 is 0. The number of aryl methyl sites for hydroxylation is 1. The number of aliphatic imine (C=N–C) groups is 1. The van der Waals surface area contributed by atoms with E-state index < -0.39 is 0 Å². The third kappa shape index (κ3) is 3.22. The second-order valence-corrected chi connectivity index (χ2v) is 6.06. The lowest BCUT2D eigenvalue weighted by molar-refractivity contribution is 0.552. The molecule has 22 heavy (non-hydrogen) atoms. The Morgan fingerprint density at radius 2 is 2.00 bits per heavy atom. The molecule has 0 saturated heterocycles. The van der Waals surface area contributed by atoms with Crippen LogP contribution in [0, 0.1) is 0 Å². The Morgan fingerprint density at radius 1 is 1.18 bits per heavy atom. The fourth-order valence-corrected chi connectivity index (χ4v) is 3.16. The van der Waals surface area contributed by atoms with Gasteiger partial charge in [0.15, 0.2) is 0 Å². The van der Waals surface area contributed by atoms with Crippen molar-refractivity contribution in [3.63, 3.8) is 0 Å². The van der Waals surface area contributed by atoms with Crippen LogP contribution in [0.2, 0.25) is 0 Å². The van der Waals surface area contributed by atoms with Gasteiger partial charge >= 0.3 is 0 Å². The molecule has 1 atom stereocenters. The lowest BCUT2D eigenvalue weighted by Gasteiger charge is -2.26. The Hall–Kier alpha value is -2.09. The van der Waals surface area contributed by atoms with Gasteiger partial charge in [-0.05, 0) is 55.0 Å². The average Bonchev–Trinajstić information content (AvgIpc) is 2.59. The average molecular weight is 292 g/mol. The molecule has 0 aliphatic heterocycles. The van der Waals surface area contributed by atoms with Gasteiger partial charge in [0.2, 0.25) is 0 Å². The lowest BCUT2D eigenvalue weighted by Crippen LogP contribution is -2.14. The molecule has 0 N–H and O–H groups in total. The van der Waals surface area contributed by atoms with E-state index in [2.05, 4.69) is 65.3 Å². The fraction of sp³-hybridized carbons (Fsp3) is 0.350.